The molecule has 0 bridgehead atoms. The highest BCUT2D eigenvalue weighted by Crippen LogP contribution is 2.33. The summed E-state index contributed by atoms with van der Waals surface area (Å²) >= 11 is 5.97. The molecule has 4 amide bonds. The van der Waals surface area contributed by atoms with E-state index in [1.807, 2.05) is 19.1 Å². The molecule has 1 aliphatic heterocycles. The molecule has 40 heavy (non-hydrogen) atoms. The summed E-state index contributed by atoms with van der Waals surface area (Å²) in [5, 5.41) is 0.640. The fourth-order valence-electron chi connectivity index (χ4n) is 4.25. The van der Waals surface area contributed by atoms with Crippen LogP contribution in [0.3, 0.4) is 0 Å². The maximum atomic E-state index is 13.6. The number of carbonyl (C=O) groups excluding carboxylic acids is 3. The number of hydrogen-bond acceptors (Lipinski definition) is 5. The highest BCUT2D eigenvalue weighted by atomic mass is 35.5. The lowest BCUT2D eigenvalue weighted by Gasteiger charge is -2.33. The molecule has 1 aliphatic rings. The van der Waals surface area contributed by atoms with Gasteiger partial charge in [-0.05, 0) is 72.7 Å². The molecule has 8 heteroatoms. The van der Waals surface area contributed by atoms with Gasteiger partial charge in [0.25, 0.3) is 11.8 Å². The molecule has 200 valence electrons. The molecule has 0 unspecified atom stereocenters. The molecule has 5 rings (SSSR count). The summed E-state index contributed by atoms with van der Waals surface area (Å²) in [4.78, 5) is 42.7. The van der Waals surface area contributed by atoms with Crippen LogP contribution in [-0.2, 0) is 16.2 Å². The number of barbiturate groups is 1. The average molecular weight is 553 g/mol. The largest absolute Gasteiger partial charge is 0.490 e. The van der Waals surface area contributed by atoms with Crippen LogP contribution >= 0.6 is 11.6 Å². The predicted molar refractivity (Wildman–Crippen MR) is 155 cm³/mol. The topological polar surface area (TPSA) is 76.2 Å². The molecule has 0 atom stereocenters. The number of amides is 4. The van der Waals surface area contributed by atoms with Gasteiger partial charge in [0.2, 0.25) is 0 Å². The molecule has 0 saturated carbocycles. The van der Waals surface area contributed by atoms with Crippen molar-refractivity contribution in [3.8, 4) is 11.5 Å². The van der Waals surface area contributed by atoms with Crippen LogP contribution in [0.1, 0.15) is 18.1 Å². The molecule has 1 heterocycles. The Kier molecular flexibility index (Phi) is 7.94. The van der Waals surface area contributed by atoms with Crippen molar-refractivity contribution >= 4 is 46.9 Å². The number of anilines is 2. The van der Waals surface area contributed by atoms with E-state index in [1.54, 1.807) is 91.0 Å². The van der Waals surface area contributed by atoms with E-state index in [0.29, 0.717) is 46.7 Å². The molecule has 7 nitrogen and oxygen atoms in total. The van der Waals surface area contributed by atoms with Crippen LogP contribution in [0.5, 0.6) is 11.5 Å². The maximum Gasteiger partial charge on any atom is 0.343 e. The lowest BCUT2D eigenvalue weighted by molar-refractivity contribution is -0.121. The number of para-hydroxylation sites is 2. The monoisotopic (exact) mass is 552 g/mol. The SMILES string of the molecule is CCOc1cc(C=C2C(=O)N(c3ccccc3)C(=O)N(c3ccccc3)C2=O)ccc1OCc1ccc(Cl)cc1. The van der Waals surface area contributed by atoms with Crippen LogP contribution < -0.4 is 19.3 Å². The minimum absolute atomic E-state index is 0.162. The molecule has 4 aromatic rings. The molecular formula is C32H25ClN2O5. The normalized spacial score (nSPS) is 13.4. The Labute approximate surface area is 236 Å². The smallest absolute Gasteiger partial charge is 0.343 e. The highest BCUT2D eigenvalue weighted by molar-refractivity contribution is 6.46. The van der Waals surface area contributed by atoms with Crippen LogP contribution in [-0.4, -0.2) is 24.5 Å². The molecule has 0 aromatic heterocycles. The van der Waals surface area contributed by atoms with Gasteiger partial charge in [-0.1, -0.05) is 66.2 Å². The Morgan fingerprint density at radius 3 is 1.82 bits per heavy atom. The number of imide groups is 2. The first-order chi connectivity index (χ1) is 19.5. The van der Waals surface area contributed by atoms with Gasteiger partial charge < -0.3 is 9.47 Å². The van der Waals surface area contributed by atoms with Gasteiger partial charge in [-0.2, -0.15) is 0 Å². The first-order valence-electron chi connectivity index (χ1n) is 12.6. The average Bonchev–Trinajstić information content (AvgIpc) is 2.97. The fourth-order valence-corrected chi connectivity index (χ4v) is 4.38. The van der Waals surface area contributed by atoms with Crippen LogP contribution in [0.25, 0.3) is 6.08 Å². The second-order valence-corrected chi connectivity index (χ2v) is 9.28. The van der Waals surface area contributed by atoms with E-state index in [2.05, 4.69) is 0 Å². The van der Waals surface area contributed by atoms with Gasteiger partial charge in [0.15, 0.2) is 11.5 Å². The van der Waals surface area contributed by atoms with Gasteiger partial charge in [-0.3, -0.25) is 9.59 Å². The third-order valence-corrected chi connectivity index (χ3v) is 6.42. The Bertz CT molecular complexity index is 1510. The summed E-state index contributed by atoms with van der Waals surface area (Å²) in [6.07, 6.45) is 1.47. The lowest BCUT2D eigenvalue weighted by Crippen LogP contribution is -2.57. The van der Waals surface area contributed by atoms with E-state index in [0.717, 1.165) is 15.4 Å². The summed E-state index contributed by atoms with van der Waals surface area (Å²) in [6.45, 7) is 2.53. The van der Waals surface area contributed by atoms with Gasteiger partial charge in [0, 0.05) is 5.02 Å². The first-order valence-corrected chi connectivity index (χ1v) is 13.0. The number of rotatable bonds is 8. The zero-order chi connectivity index (χ0) is 28.1. The molecule has 0 spiro atoms. The molecule has 1 fully saturated rings. The van der Waals surface area contributed by atoms with Crippen LogP contribution in [0.4, 0.5) is 16.2 Å². The summed E-state index contributed by atoms with van der Waals surface area (Å²) in [7, 11) is 0. The molecule has 4 aromatic carbocycles. The zero-order valence-electron chi connectivity index (χ0n) is 21.6. The van der Waals surface area contributed by atoms with Gasteiger partial charge in [0.1, 0.15) is 12.2 Å². The van der Waals surface area contributed by atoms with E-state index < -0.39 is 17.8 Å². The number of nitrogens with zero attached hydrogens (tertiary/aromatic N) is 2. The molecular weight excluding hydrogens is 528 g/mol. The van der Waals surface area contributed by atoms with Crippen molar-refractivity contribution in [1.29, 1.82) is 0 Å². The van der Waals surface area contributed by atoms with Crippen molar-refractivity contribution in [2.75, 3.05) is 16.4 Å². The standard InChI is InChI=1S/C32H25ClN2O5/c1-2-39-29-20-23(15-18-28(29)40-21-22-13-16-24(33)17-14-22)19-27-30(36)34(25-9-5-3-6-10-25)32(38)35(31(27)37)26-11-7-4-8-12-26/h3-20H,2,21H2,1H3. The number of benzene rings is 4. The van der Waals surface area contributed by atoms with Crippen LogP contribution in [0.15, 0.2) is 109 Å². The Hall–Kier alpha value is -4.88. The third-order valence-electron chi connectivity index (χ3n) is 6.16. The quantitative estimate of drug-likeness (QED) is 0.175. The number of urea groups is 1. The summed E-state index contributed by atoms with van der Waals surface area (Å²) < 4.78 is 11.8. The first kappa shape index (κ1) is 26.7. The Morgan fingerprint density at radius 1 is 0.700 bits per heavy atom. The van der Waals surface area contributed by atoms with Crippen LogP contribution in [0.2, 0.25) is 5.02 Å². The minimum atomic E-state index is -0.745. The number of halogens is 1. The van der Waals surface area contributed by atoms with Crippen LogP contribution in [0, 0.1) is 0 Å². The molecule has 0 N–H and O–H groups in total. The summed E-state index contributed by atoms with van der Waals surface area (Å²) in [5.41, 5.74) is 2.03. The van der Waals surface area contributed by atoms with Crippen molar-refractivity contribution in [2.45, 2.75) is 13.5 Å². The number of hydrogen-bond donors (Lipinski definition) is 0. The van der Waals surface area contributed by atoms with E-state index >= 15 is 0 Å². The second kappa shape index (κ2) is 11.9. The van der Waals surface area contributed by atoms with E-state index in [9.17, 15) is 14.4 Å². The maximum absolute atomic E-state index is 13.6. The van der Waals surface area contributed by atoms with E-state index in [4.69, 9.17) is 21.1 Å². The van der Waals surface area contributed by atoms with Crippen molar-refractivity contribution in [3.05, 3.63) is 125 Å². The van der Waals surface area contributed by atoms with Gasteiger partial charge >= 0.3 is 6.03 Å². The van der Waals surface area contributed by atoms with E-state index in [1.165, 1.54) is 6.08 Å². The predicted octanol–water partition coefficient (Wildman–Crippen LogP) is 6.90. The van der Waals surface area contributed by atoms with Gasteiger partial charge in [0.05, 0.1) is 18.0 Å². The molecule has 1 saturated heterocycles. The van der Waals surface area contributed by atoms with Crippen molar-refractivity contribution < 1.29 is 23.9 Å². The third kappa shape index (κ3) is 5.60. The number of ether oxygens (including phenoxy) is 2. The second-order valence-electron chi connectivity index (χ2n) is 8.85. The lowest BCUT2D eigenvalue weighted by atomic mass is 10.0. The van der Waals surface area contributed by atoms with Gasteiger partial charge in [-0.25, -0.2) is 14.6 Å². The van der Waals surface area contributed by atoms with Crippen molar-refractivity contribution in [1.82, 2.24) is 0 Å². The van der Waals surface area contributed by atoms with E-state index in [-0.39, 0.29) is 5.57 Å². The summed E-state index contributed by atoms with van der Waals surface area (Å²) in [5.74, 6) is -0.464. The van der Waals surface area contributed by atoms with Crippen molar-refractivity contribution in [2.24, 2.45) is 0 Å². The fraction of sp³-hybridized carbons (Fsp3) is 0.0938. The Balaban J connectivity index is 1.51. The Morgan fingerprint density at radius 2 is 1.27 bits per heavy atom. The van der Waals surface area contributed by atoms with Crippen molar-refractivity contribution in [3.63, 3.8) is 0 Å². The zero-order valence-corrected chi connectivity index (χ0v) is 22.4. The highest BCUT2D eigenvalue weighted by Gasteiger charge is 2.43. The molecule has 0 aliphatic carbocycles. The summed E-state index contributed by atoms with van der Waals surface area (Å²) in [6, 6.07) is 28.8. The molecule has 0 radical (unpaired) electrons. The number of carbonyl (C=O) groups is 3. The van der Waals surface area contributed by atoms with Gasteiger partial charge in [-0.15, -0.1) is 0 Å². The minimum Gasteiger partial charge on any atom is -0.490 e.